The fourth-order valence-corrected chi connectivity index (χ4v) is 5.73. The Morgan fingerprint density at radius 2 is 1.47 bits per heavy atom. The Morgan fingerprint density at radius 1 is 0.898 bits per heavy atom. The maximum absolute atomic E-state index is 12.8. The average molecular weight is 707 g/mol. The lowest BCUT2D eigenvalue weighted by molar-refractivity contribution is -0.218. The molecule has 0 aliphatic heterocycles. The van der Waals surface area contributed by atoms with Crippen molar-refractivity contribution in [3.63, 3.8) is 0 Å². The Labute approximate surface area is 299 Å². The van der Waals surface area contributed by atoms with E-state index in [9.17, 15) is 23.4 Å². The molecule has 8 nitrogen and oxygen atoms in total. The number of unbranched alkanes of at least 4 members (excludes halogenated alkanes) is 2. The molecule has 0 saturated heterocycles. The zero-order chi connectivity index (χ0) is 37.0. The second-order valence-electron chi connectivity index (χ2n) is 14.1. The highest BCUT2D eigenvalue weighted by atomic mass is 32.2. The first-order valence-corrected chi connectivity index (χ1v) is 20.1. The normalized spacial score (nSPS) is 15.1. The highest BCUT2D eigenvalue weighted by Gasteiger charge is 2.20. The molecule has 0 aromatic rings. The fraction of sp³-hybridized carbons (Fsp3) is 0.700. The number of esters is 1. The van der Waals surface area contributed by atoms with Gasteiger partial charge in [-0.3, -0.25) is 9.35 Å². The predicted octanol–water partition coefficient (Wildman–Crippen LogP) is 9.02. The van der Waals surface area contributed by atoms with Gasteiger partial charge in [0.15, 0.2) is 0 Å². The maximum atomic E-state index is 12.8. The Hall–Kier alpha value is -2.49. The summed E-state index contributed by atoms with van der Waals surface area (Å²) in [5.41, 5.74) is -0.0491. The molecule has 282 valence electrons. The van der Waals surface area contributed by atoms with Crippen molar-refractivity contribution >= 4 is 22.0 Å². The summed E-state index contributed by atoms with van der Waals surface area (Å²) in [4.78, 5) is 16.5. The number of carbonyl (C=O) groups excluding carboxylic acids is 1. The third kappa shape index (κ3) is 33.8. The minimum Gasteiger partial charge on any atom is -0.862 e. The minimum absolute atomic E-state index is 0.0645. The molecule has 0 saturated carbocycles. The van der Waals surface area contributed by atoms with E-state index in [4.69, 9.17) is 9.29 Å². The lowest BCUT2D eigenvalue weighted by Crippen LogP contribution is -2.24. The van der Waals surface area contributed by atoms with Gasteiger partial charge < -0.3 is 19.9 Å². The second-order valence-corrected chi connectivity index (χ2v) is 15.7. The summed E-state index contributed by atoms with van der Waals surface area (Å²) in [6, 6.07) is 0. The molecule has 0 heterocycles. The molecular formula is C40H68NO7S-. The van der Waals surface area contributed by atoms with Crippen molar-refractivity contribution < 1.29 is 32.7 Å². The van der Waals surface area contributed by atoms with Crippen LogP contribution in [0.2, 0.25) is 0 Å². The Kier molecular flexibility index (Phi) is 26.8. The fourth-order valence-electron chi connectivity index (χ4n) is 5.41. The molecule has 0 rings (SSSR count). The summed E-state index contributed by atoms with van der Waals surface area (Å²) in [5.74, 6) is -0.484. The number of aliphatic imine (C=N–C) groups is 1. The molecule has 0 bridgehead atoms. The third-order valence-electron chi connectivity index (χ3n) is 8.12. The highest BCUT2D eigenvalue weighted by Crippen LogP contribution is 2.25. The van der Waals surface area contributed by atoms with E-state index in [2.05, 4.69) is 81.0 Å². The van der Waals surface area contributed by atoms with Crippen molar-refractivity contribution in [1.82, 2.24) is 0 Å². The number of ether oxygens (including phenoxy) is 1. The van der Waals surface area contributed by atoms with Crippen molar-refractivity contribution in [3.05, 3.63) is 60.8 Å². The summed E-state index contributed by atoms with van der Waals surface area (Å²) < 4.78 is 36.6. The van der Waals surface area contributed by atoms with Gasteiger partial charge in [0.25, 0.3) is 10.1 Å². The van der Waals surface area contributed by atoms with Crippen molar-refractivity contribution in [3.8, 4) is 0 Å². The van der Waals surface area contributed by atoms with Gasteiger partial charge in [-0.2, -0.15) is 8.42 Å². The SMILES string of the molecule is C=C(CC([O-])=NCCS(=O)(=O)O)CC(C[C@H](C)CCC[C@H](C)CCCC(C)(C)O)OC(=O)CCCC/C=C\C/C=C\C/C=C\C/C=C\CC. The van der Waals surface area contributed by atoms with Gasteiger partial charge in [-0.05, 0) is 95.8 Å². The minimum atomic E-state index is -4.19. The molecule has 1 unspecified atom stereocenters. The molecule has 3 atom stereocenters. The summed E-state index contributed by atoms with van der Waals surface area (Å²) in [7, 11) is -4.19. The molecule has 0 amide bonds. The first-order chi connectivity index (χ1) is 23.1. The van der Waals surface area contributed by atoms with Crippen LogP contribution in [0.4, 0.5) is 0 Å². The van der Waals surface area contributed by atoms with Gasteiger partial charge in [-0.25, -0.2) is 0 Å². The van der Waals surface area contributed by atoms with Crippen molar-refractivity contribution in [2.75, 3.05) is 12.3 Å². The van der Waals surface area contributed by atoms with E-state index in [-0.39, 0.29) is 18.9 Å². The number of hydrogen-bond acceptors (Lipinski definition) is 7. The van der Waals surface area contributed by atoms with Crippen molar-refractivity contribution in [2.24, 2.45) is 16.8 Å². The third-order valence-corrected chi connectivity index (χ3v) is 8.82. The van der Waals surface area contributed by atoms with Crippen LogP contribution in [0.5, 0.6) is 0 Å². The predicted molar refractivity (Wildman–Crippen MR) is 203 cm³/mol. The first kappa shape index (κ1) is 46.5. The number of hydrogen-bond donors (Lipinski definition) is 2. The van der Waals surface area contributed by atoms with Crippen LogP contribution >= 0.6 is 0 Å². The molecule has 2 N–H and O–H groups in total. The largest absolute Gasteiger partial charge is 0.862 e. The quantitative estimate of drug-likeness (QED) is 0.0190. The lowest BCUT2D eigenvalue weighted by Gasteiger charge is -2.24. The number of aliphatic hydroxyl groups is 1. The Morgan fingerprint density at radius 3 is 2.06 bits per heavy atom. The number of nitrogens with zero attached hydrogens (tertiary/aromatic N) is 1. The maximum Gasteiger partial charge on any atom is 0.306 e. The second kappa shape index (κ2) is 28.2. The zero-order valence-corrected chi connectivity index (χ0v) is 32.1. The van der Waals surface area contributed by atoms with Gasteiger partial charge in [0.05, 0.1) is 17.9 Å². The van der Waals surface area contributed by atoms with Crippen LogP contribution in [0, 0.1) is 11.8 Å². The highest BCUT2D eigenvalue weighted by molar-refractivity contribution is 7.85. The van der Waals surface area contributed by atoms with Gasteiger partial charge in [0.2, 0.25) is 0 Å². The van der Waals surface area contributed by atoms with E-state index in [1.54, 1.807) is 0 Å². The zero-order valence-electron chi connectivity index (χ0n) is 31.3. The van der Waals surface area contributed by atoms with Crippen LogP contribution in [-0.2, 0) is 19.6 Å². The molecule has 0 aliphatic rings. The van der Waals surface area contributed by atoms with Crippen LogP contribution in [0.1, 0.15) is 144 Å². The van der Waals surface area contributed by atoms with E-state index in [1.165, 1.54) is 0 Å². The molecule has 0 aliphatic carbocycles. The van der Waals surface area contributed by atoms with Gasteiger partial charge in [-0.1, -0.05) is 114 Å². The standard InChI is InChI=1S/C40H69NO7S/c1-7-8-9-10-11-12-13-14-15-16-17-18-19-20-21-27-39(43)48-37(32-36(4)33-38(42)41-29-30-49(45,46)47)31-35(3)25-22-24-34(2)26-23-28-40(5,6)44/h8-9,11-12,14-15,17-18,34-35,37,44H,4,7,10,13,16,19-33H2,1-3,5-6H3,(H,41,42)(H,45,46,47)/p-1/b9-8-,12-11-,15-14-,18-17-/t34-,35+,37?/m0/s1. The van der Waals surface area contributed by atoms with Crippen LogP contribution < -0.4 is 5.11 Å². The molecule has 0 fully saturated rings. The lowest BCUT2D eigenvalue weighted by atomic mass is 9.90. The monoisotopic (exact) mass is 706 g/mol. The number of allylic oxidation sites excluding steroid dienone is 8. The summed E-state index contributed by atoms with van der Waals surface area (Å²) >= 11 is 0. The average Bonchev–Trinajstić information content (AvgIpc) is 2.97. The van der Waals surface area contributed by atoms with Gasteiger partial charge in [-0.15, -0.1) is 0 Å². The van der Waals surface area contributed by atoms with Gasteiger partial charge in [0, 0.05) is 12.8 Å². The summed E-state index contributed by atoms with van der Waals surface area (Å²) in [5, 5.41) is 22.2. The van der Waals surface area contributed by atoms with E-state index in [0.717, 1.165) is 83.5 Å². The van der Waals surface area contributed by atoms with Crippen molar-refractivity contribution in [1.29, 1.82) is 0 Å². The van der Waals surface area contributed by atoms with Gasteiger partial charge >= 0.3 is 5.97 Å². The van der Waals surface area contributed by atoms with E-state index < -0.39 is 33.5 Å². The van der Waals surface area contributed by atoms with Crippen molar-refractivity contribution in [2.45, 2.75) is 155 Å². The molecule has 0 spiro atoms. The van der Waals surface area contributed by atoms with E-state index >= 15 is 0 Å². The molecular weight excluding hydrogens is 639 g/mol. The smallest absolute Gasteiger partial charge is 0.306 e. The topological polar surface area (TPSA) is 136 Å². The summed E-state index contributed by atoms with van der Waals surface area (Å²) in [6.07, 6.45) is 30.7. The molecule has 0 aromatic carbocycles. The summed E-state index contributed by atoms with van der Waals surface area (Å²) in [6.45, 7) is 13.9. The van der Waals surface area contributed by atoms with Crippen LogP contribution in [-0.4, -0.2) is 53.9 Å². The first-order valence-electron chi connectivity index (χ1n) is 18.4. The van der Waals surface area contributed by atoms with E-state index in [0.29, 0.717) is 36.7 Å². The van der Waals surface area contributed by atoms with Crippen LogP contribution in [0.3, 0.4) is 0 Å². The Bertz CT molecular complexity index is 1150. The van der Waals surface area contributed by atoms with Crippen LogP contribution in [0.15, 0.2) is 65.8 Å². The van der Waals surface area contributed by atoms with Crippen LogP contribution in [0.25, 0.3) is 0 Å². The Balaban J connectivity index is 4.78. The molecule has 49 heavy (non-hydrogen) atoms. The molecule has 9 heteroatoms. The number of rotatable bonds is 30. The van der Waals surface area contributed by atoms with E-state index in [1.807, 2.05) is 13.8 Å². The molecule has 0 radical (unpaired) electrons. The van der Waals surface area contributed by atoms with Gasteiger partial charge in [0.1, 0.15) is 6.10 Å². The number of carbonyl (C=O) groups is 1. The molecule has 0 aromatic heterocycles.